The number of aliphatic hydroxyl groups is 1. The van der Waals surface area contributed by atoms with E-state index in [0.29, 0.717) is 23.8 Å². The first-order valence-corrected chi connectivity index (χ1v) is 6.71. The van der Waals surface area contributed by atoms with Crippen LogP contribution in [0.15, 0.2) is 18.3 Å². The minimum absolute atomic E-state index is 0.357. The fraction of sp³-hybridized carbons (Fsp3) is 0.571. The molecule has 0 spiro atoms. The molecule has 0 unspecified atom stereocenters. The second-order valence-corrected chi connectivity index (χ2v) is 5.52. The van der Waals surface area contributed by atoms with Gasteiger partial charge in [0.15, 0.2) is 0 Å². The first-order valence-electron chi connectivity index (χ1n) is 6.71. The van der Waals surface area contributed by atoms with Crippen molar-refractivity contribution in [1.29, 1.82) is 0 Å². The molecule has 1 fully saturated rings. The summed E-state index contributed by atoms with van der Waals surface area (Å²) in [6, 6.07) is 3.30. The molecule has 1 amide bonds. The average Bonchev–Trinajstić information content (AvgIpc) is 2.41. The van der Waals surface area contributed by atoms with Crippen molar-refractivity contribution in [2.24, 2.45) is 11.7 Å². The van der Waals surface area contributed by atoms with Gasteiger partial charge in [-0.05, 0) is 43.7 Å². The van der Waals surface area contributed by atoms with Crippen LogP contribution < -0.4 is 11.1 Å². The van der Waals surface area contributed by atoms with E-state index in [1.807, 2.05) is 0 Å². The molecule has 0 radical (unpaired) electrons. The van der Waals surface area contributed by atoms with Crippen molar-refractivity contribution in [3.05, 3.63) is 23.9 Å². The molecule has 5 nitrogen and oxygen atoms in total. The van der Waals surface area contributed by atoms with Crippen molar-refractivity contribution in [2.45, 2.75) is 38.2 Å². The minimum Gasteiger partial charge on any atom is -0.388 e. The van der Waals surface area contributed by atoms with Crippen LogP contribution in [-0.2, 0) is 0 Å². The molecule has 0 saturated heterocycles. The Hall–Kier alpha value is -1.62. The summed E-state index contributed by atoms with van der Waals surface area (Å²) in [5, 5.41) is 13.5. The number of primary amides is 1. The Morgan fingerprint density at radius 1 is 1.58 bits per heavy atom. The molecule has 4 N–H and O–H groups in total. The van der Waals surface area contributed by atoms with Crippen LogP contribution in [0.25, 0.3) is 0 Å². The molecule has 0 bridgehead atoms. The number of hydrogen-bond acceptors (Lipinski definition) is 4. The van der Waals surface area contributed by atoms with Gasteiger partial charge in [-0.2, -0.15) is 0 Å². The van der Waals surface area contributed by atoms with Crippen molar-refractivity contribution in [2.75, 3.05) is 11.9 Å². The lowest BCUT2D eigenvalue weighted by atomic mass is 9.79. The molecule has 19 heavy (non-hydrogen) atoms. The summed E-state index contributed by atoms with van der Waals surface area (Å²) >= 11 is 0. The van der Waals surface area contributed by atoms with Gasteiger partial charge in [0.1, 0.15) is 5.82 Å². The van der Waals surface area contributed by atoms with Gasteiger partial charge in [-0.25, -0.2) is 4.98 Å². The highest BCUT2D eigenvalue weighted by atomic mass is 16.3. The molecule has 2 rings (SSSR count). The maximum Gasteiger partial charge on any atom is 0.252 e. The molecule has 0 aromatic carbocycles. The van der Waals surface area contributed by atoms with E-state index in [0.717, 1.165) is 25.7 Å². The summed E-state index contributed by atoms with van der Waals surface area (Å²) in [7, 11) is 0. The first-order chi connectivity index (χ1) is 9.00. The second-order valence-electron chi connectivity index (χ2n) is 5.52. The largest absolute Gasteiger partial charge is 0.388 e. The molecule has 0 aliphatic heterocycles. The van der Waals surface area contributed by atoms with Crippen LogP contribution in [0.1, 0.15) is 43.0 Å². The Balaban J connectivity index is 2.01. The summed E-state index contributed by atoms with van der Waals surface area (Å²) < 4.78 is 0. The number of nitrogens with one attached hydrogen (secondary N) is 1. The van der Waals surface area contributed by atoms with Crippen LogP contribution in [0.5, 0.6) is 0 Å². The highest BCUT2D eigenvalue weighted by Gasteiger charge is 2.31. The minimum atomic E-state index is -0.709. The van der Waals surface area contributed by atoms with Gasteiger partial charge in [-0.15, -0.1) is 0 Å². The number of anilines is 1. The highest BCUT2D eigenvalue weighted by Crippen LogP contribution is 2.32. The fourth-order valence-corrected chi connectivity index (χ4v) is 2.47. The van der Waals surface area contributed by atoms with Crippen molar-refractivity contribution < 1.29 is 9.90 Å². The zero-order chi connectivity index (χ0) is 13.9. The fourth-order valence-electron chi connectivity index (χ4n) is 2.47. The van der Waals surface area contributed by atoms with E-state index >= 15 is 0 Å². The summed E-state index contributed by atoms with van der Waals surface area (Å²) in [5.74, 6) is 0.609. The zero-order valence-electron chi connectivity index (χ0n) is 11.2. The molecular formula is C14H21N3O2. The predicted molar refractivity (Wildman–Crippen MR) is 73.8 cm³/mol. The monoisotopic (exact) mass is 263 g/mol. The van der Waals surface area contributed by atoms with E-state index in [2.05, 4.69) is 17.2 Å². The van der Waals surface area contributed by atoms with E-state index in [9.17, 15) is 9.90 Å². The third-order valence-electron chi connectivity index (χ3n) is 3.86. The number of hydrogen-bond donors (Lipinski definition) is 3. The van der Waals surface area contributed by atoms with Gasteiger partial charge < -0.3 is 16.2 Å². The standard InChI is InChI=1S/C14H21N3O2/c1-10-4-6-14(19,7-5-10)9-17-13-11(12(15)18)3-2-8-16-13/h2-3,8,10,19H,4-7,9H2,1H3,(H2,15,18)(H,16,17). The summed E-state index contributed by atoms with van der Waals surface area (Å²) in [5.41, 5.74) is 4.94. The molecule has 1 aliphatic rings. The van der Waals surface area contributed by atoms with Crippen LogP contribution in [0.3, 0.4) is 0 Å². The van der Waals surface area contributed by atoms with E-state index in [1.54, 1.807) is 18.3 Å². The molecule has 1 heterocycles. The van der Waals surface area contributed by atoms with Crippen LogP contribution in [0.4, 0.5) is 5.82 Å². The second kappa shape index (κ2) is 5.57. The van der Waals surface area contributed by atoms with E-state index in [-0.39, 0.29) is 0 Å². The lowest BCUT2D eigenvalue weighted by molar-refractivity contribution is 0.00492. The van der Waals surface area contributed by atoms with Gasteiger partial charge in [-0.3, -0.25) is 4.79 Å². The first kappa shape index (κ1) is 13.8. The molecule has 0 atom stereocenters. The SMILES string of the molecule is CC1CCC(O)(CNc2ncccc2C(N)=O)CC1. The summed E-state index contributed by atoms with van der Waals surface area (Å²) in [6.07, 6.45) is 5.22. The molecule has 104 valence electrons. The van der Waals surface area contributed by atoms with Crippen molar-refractivity contribution in [1.82, 2.24) is 4.98 Å². The van der Waals surface area contributed by atoms with Crippen molar-refractivity contribution >= 4 is 11.7 Å². The van der Waals surface area contributed by atoms with Gasteiger partial charge in [0, 0.05) is 12.7 Å². The molecule has 5 heteroatoms. The molecule has 1 aromatic rings. The zero-order valence-corrected chi connectivity index (χ0v) is 11.2. The third kappa shape index (κ3) is 3.44. The Kier molecular flexibility index (Phi) is 4.04. The van der Waals surface area contributed by atoms with Crippen LogP contribution in [-0.4, -0.2) is 28.1 Å². The summed E-state index contributed by atoms with van der Waals surface area (Å²) in [6.45, 7) is 2.61. The number of carbonyl (C=O) groups is 1. The number of nitrogens with zero attached hydrogens (tertiary/aromatic N) is 1. The quantitative estimate of drug-likeness (QED) is 0.768. The van der Waals surface area contributed by atoms with Crippen LogP contribution in [0, 0.1) is 5.92 Å². The Morgan fingerprint density at radius 2 is 2.26 bits per heavy atom. The normalized spacial score (nSPS) is 26.9. The number of aromatic nitrogens is 1. The Morgan fingerprint density at radius 3 is 2.89 bits per heavy atom. The van der Waals surface area contributed by atoms with E-state index < -0.39 is 11.5 Å². The van der Waals surface area contributed by atoms with Crippen molar-refractivity contribution in [3.8, 4) is 0 Å². The number of nitrogens with two attached hydrogens (primary N) is 1. The van der Waals surface area contributed by atoms with Gasteiger partial charge >= 0.3 is 0 Å². The predicted octanol–water partition coefficient (Wildman–Crippen LogP) is 1.53. The van der Waals surface area contributed by atoms with Gasteiger partial charge in [-0.1, -0.05) is 6.92 Å². The van der Waals surface area contributed by atoms with Crippen LogP contribution >= 0.6 is 0 Å². The molecule has 1 aromatic heterocycles. The third-order valence-corrected chi connectivity index (χ3v) is 3.86. The highest BCUT2D eigenvalue weighted by molar-refractivity contribution is 5.97. The Labute approximate surface area is 113 Å². The maximum absolute atomic E-state index is 11.3. The van der Waals surface area contributed by atoms with Crippen molar-refractivity contribution in [3.63, 3.8) is 0 Å². The number of carbonyl (C=O) groups excluding carboxylic acids is 1. The van der Waals surface area contributed by atoms with Crippen LogP contribution in [0.2, 0.25) is 0 Å². The lowest BCUT2D eigenvalue weighted by Crippen LogP contribution is -2.40. The summed E-state index contributed by atoms with van der Waals surface area (Å²) in [4.78, 5) is 15.4. The number of pyridine rings is 1. The number of rotatable bonds is 4. The topological polar surface area (TPSA) is 88.2 Å². The Bertz CT molecular complexity index is 454. The van der Waals surface area contributed by atoms with E-state index in [1.165, 1.54) is 0 Å². The molecule has 1 saturated carbocycles. The lowest BCUT2D eigenvalue weighted by Gasteiger charge is -2.35. The van der Waals surface area contributed by atoms with Gasteiger partial charge in [0.25, 0.3) is 5.91 Å². The number of amides is 1. The maximum atomic E-state index is 11.3. The molecular weight excluding hydrogens is 242 g/mol. The van der Waals surface area contributed by atoms with Gasteiger partial charge in [0.05, 0.1) is 11.2 Å². The van der Waals surface area contributed by atoms with Gasteiger partial charge in [0.2, 0.25) is 0 Å². The smallest absolute Gasteiger partial charge is 0.252 e. The average molecular weight is 263 g/mol. The molecule has 1 aliphatic carbocycles. The van der Waals surface area contributed by atoms with E-state index in [4.69, 9.17) is 5.73 Å².